The highest BCUT2D eigenvalue weighted by Crippen LogP contribution is 2.31. The van der Waals surface area contributed by atoms with Gasteiger partial charge in [-0.1, -0.05) is 53.5 Å². The summed E-state index contributed by atoms with van der Waals surface area (Å²) < 4.78 is 0. The Labute approximate surface area is 148 Å². The lowest BCUT2D eigenvalue weighted by Crippen LogP contribution is -2.04. The van der Waals surface area contributed by atoms with E-state index in [4.69, 9.17) is 34.7 Å². The average molecular weight is 356 g/mol. The fourth-order valence-corrected chi connectivity index (χ4v) is 2.61. The molecule has 118 valence electrons. The van der Waals surface area contributed by atoms with E-state index in [-0.39, 0.29) is 17.3 Å². The Hall–Kier alpha value is -2.81. The highest BCUT2D eigenvalue weighted by Gasteiger charge is 2.13. The van der Waals surface area contributed by atoms with Gasteiger partial charge >= 0.3 is 0 Å². The highest BCUT2D eigenvalue weighted by molar-refractivity contribution is 6.42. The third-order valence-corrected chi connectivity index (χ3v) is 4.22. The molecule has 0 fully saturated rings. The predicted octanol–water partition coefficient (Wildman–Crippen LogP) is 4.15. The van der Waals surface area contributed by atoms with Crippen LogP contribution >= 0.6 is 23.2 Å². The normalized spacial score (nSPS) is 10.4. The molecule has 5 nitrogen and oxygen atoms in total. The molecule has 0 bridgehead atoms. The van der Waals surface area contributed by atoms with Crippen molar-refractivity contribution in [3.63, 3.8) is 0 Å². The quantitative estimate of drug-likeness (QED) is 0.718. The number of halogens is 2. The van der Waals surface area contributed by atoms with Gasteiger partial charge in [0.05, 0.1) is 15.7 Å². The molecule has 2 aromatic carbocycles. The van der Waals surface area contributed by atoms with Gasteiger partial charge in [0, 0.05) is 5.56 Å². The molecule has 0 unspecified atom stereocenters. The summed E-state index contributed by atoms with van der Waals surface area (Å²) >= 11 is 12.0. The van der Waals surface area contributed by atoms with Gasteiger partial charge < -0.3 is 11.5 Å². The minimum Gasteiger partial charge on any atom is -0.382 e. The first-order chi connectivity index (χ1) is 11.5. The molecule has 0 aliphatic heterocycles. The second-order valence-corrected chi connectivity index (χ2v) is 5.82. The van der Waals surface area contributed by atoms with Gasteiger partial charge in [0.15, 0.2) is 0 Å². The zero-order valence-electron chi connectivity index (χ0n) is 12.3. The number of benzene rings is 2. The minimum absolute atomic E-state index is 0.0232. The van der Waals surface area contributed by atoms with E-state index in [9.17, 15) is 5.26 Å². The second kappa shape index (κ2) is 6.36. The first-order valence-corrected chi connectivity index (χ1v) is 7.64. The van der Waals surface area contributed by atoms with Gasteiger partial charge in [0.25, 0.3) is 0 Å². The molecule has 0 aliphatic rings. The fraction of sp³-hybridized carbons (Fsp3) is 0. The van der Waals surface area contributed by atoms with Crippen molar-refractivity contribution in [2.45, 2.75) is 0 Å². The number of nitrogen functional groups attached to an aromatic ring is 2. The van der Waals surface area contributed by atoms with Crippen LogP contribution in [-0.4, -0.2) is 9.97 Å². The van der Waals surface area contributed by atoms with E-state index in [2.05, 4.69) is 9.97 Å². The Balaban J connectivity index is 2.04. The number of nitriles is 1. The number of hydrogen-bond acceptors (Lipinski definition) is 5. The van der Waals surface area contributed by atoms with Gasteiger partial charge in [-0.3, -0.25) is 0 Å². The number of anilines is 2. The molecule has 3 aromatic rings. The van der Waals surface area contributed by atoms with E-state index < -0.39 is 0 Å². The van der Waals surface area contributed by atoms with Crippen LogP contribution in [0.25, 0.3) is 22.4 Å². The molecule has 0 saturated carbocycles. The van der Waals surface area contributed by atoms with Crippen molar-refractivity contribution in [2.75, 3.05) is 11.5 Å². The molecule has 3 rings (SSSR count). The molecule has 24 heavy (non-hydrogen) atoms. The number of nitrogens with two attached hydrogens (primary N) is 2. The van der Waals surface area contributed by atoms with Crippen LogP contribution in [0.5, 0.6) is 0 Å². The van der Waals surface area contributed by atoms with Gasteiger partial charge in [-0.05, 0) is 23.3 Å². The highest BCUT2D eigenvalue weighted by atomic mass is 35.5. The lowest BCUT2D eigenvalue weighted by Gasteiger charge is -2.08. The monoisotopic (exact) mass is 355 g/mol. The molecule has 1 heterocycles. The molecule has 0 saturated heterocycles. The Morgan fingerprint density at radius 3 is 2.08 bits per heavy atom. The third kappa shape index (κ3) is 2.98. The van der Waals surface area contributed by atoms with Crippen LogP contribution in [0.1, 0.15) is 5.56 Å². The second-order valence-electron chi connectivity index (χ2n) is 5.01. The molecular formula is C17H11Cl2N5. The van der Waals surface area contributed by atoms with Crippen LogP contribution in [0.4, 0.5) is 11.8 Å². The maximum atomic E-state index is 9.26. The third-order valence-electron chi connectivity index (χ3n) is 3.48. The largest absolute Gasteiger partial charge is 0.382 e. The summed E-state index contributed by atoms with van der Waals surface area (Å²) in [7, 11) is 0. The van der Waals surface area contributed by atoms with Crippen molar-refractivity contribution in [1.82, 2.24) is 9.97 Å². The van der Waals surface area contributed by atoms with Crippen LogP contribution in [0, 0.1) is 11.3 Å². The summed E-state index contributed by atoms with van der Waals surface area (Å²) in [6.45, 7) is 0. The molecule has 7 heteroatoms. The summed E-state index contributed by atoms with van der Waals surface area (Å²) in [5, 5.41) is 10.3. The van der Waals surface area contributed by atoms with Crippen molar-refractivity contribution >= 4 is 35.0 Å². The smallest absolute Gasteiger partial charge is 0.222 e. The minimum atomic E-state index is 0.0232. The zero-order valence-corrected chi connectivity index (χ0v) is 13.8. The van der Waals surface area contributed by atoms with Crippen molar-refractivity contribution in [2.24, 2.45) is 0 Å². The molecule has 0 aliphatic carbocycles. The van der Waals surface area contributed by atoms with E-state index in [1.54, 1.807) is 12.1 Å². The Bertz CT molecular complexity index is 962. The zero-order chi connectivity index (χ0) is 17.3. The van der Waals surface area contributed by atoms with Crippen LogP contribution in [0.2, 0.25) is 10.0 Å². The van der Waals surface area contributed by atoms with Gasteiger partial charge in [0.1, 0.15) is 17.5 Å². The van der Waals surface area contributed by atoms with E-state index >= 15 is 0 Å². The summed E-state index contributed by atoms with van der Waals surface area (Å²) in [5.74, 6) is 0.0867. The summed E-state index contributed by atoms with van der Waals surface area (Å²) in [4.78, 5) is 7.94. The SMILES string of the molecule is N#Cc1c(N)nc(N)nc1-c1ccc(-c2ccc(Cl)c(Cl)c2)cc1. The average Bonchev–Trinajstić information content (AvgIpc) is 2.57. The van der Waals surface area contributed by atoms with E-state index in [0.29, 0.717) is 15.7 Å². The van der Waals surface area contributed by atoms with Crippen molar-refractivity contribution in [1.29, 1.82) is 5.26 Å². The summed E-state index contributed by atoms with van der Waals surface area (Å²) in [5.41, 5.74) is 14.6. The van der Waals surface area contributed by atoms with Crippen LogP contribution in [0.15, 0.2) is 42.5 Å². The number of rotatable bonds is 2. The Morgan fingerprint density at radius 1 is 0.833 bits per heavy atom. The van der Waals surface area contributed by atoms with Gasteiger partial charge in [0.2, 0.25) is 5.95 Å². The first kappa shape index (κ1) is 16.1. The Morgan fingerprint density at radius 2 is 1.46 bits per heavy atom. The van der Waals surface area contributed by atoms with Gasteiger partial charge in [-0.25, -0.2) is 4.98 Å². The van der Waals surface area contributed by atoms with Crippen LogP contribution in [0.3, 0.4) is 0 Å². The molecule has 0 amide bonds. The van der Waals surface area contributed by atoms with Crippen LogP contribution in [-0.2, 0) is 0 Å². The number of hydrogen-bond donors (Lipinski definition) is 2. The maximum Gasteiger partial charge on any atom is 0.222 e. The predicted molar refractivity (Wildman–Crippen MR) is 96.5 cm³/mol. The lowest BCUT2D eigenvalue weighted by atomic mass is 10.0. The van der Waals surface area contributed by atoms with Crippen molar-refractivity contribution < 1.29 is 0 Å². The molecule has 0 atom stereocenters. The topological polar surface area (TPSA) is 102 Å². The molecule has 4 N–H and O–H groups in total. The summed E-state index contributed by atoms with van der Waals surface area (Å²) in [6.07, 6.45) is 0. The van der Waals surface area contributed by atoms with E-state index in [0.717, 1.165) is 16.7 Å². The molecule has 0 spiro atoms. The van der Waals surface area contributed by atoms with Crippen molar-refractivity contribution in [3.05, 3.63) is 58.1 Å². The first-order valence-electron chi connectivity index (χ1n) is 6.88. The fourth-order valence-electron chi connectivity index (χ4n) is 2.31. The van der Waals surface area contributed by atoms with Gasteiger partial charge in [-0.2, -0.15) is 10.2 Å². The molecule has 0 radical (unpaired) electrons. The van der Waals surface area contributed by atoms with Gasteiger partial charge in [-0.15, -0.1) is 0 Å². The number of aromatic nitrogens is 2. The molecular weight excluding hydrogens is 345 g/mol. The standard InChI is InChI=1S/C17H11Cl2N5/c18-13-6-5-11(7-14(13)19)9-1-3-10(4-2-9)15-12(8-20)16(21)24-17(22)23-15/h1-7H,(H4,21,22,23,24). The maximum absolute atomic E-state index is 9.26. The summed E-state index contributed by atoms with van der Waals surface area (Å²) in [6, 6.07) is 14.9. The van der Waals surface area contributed by atoms with Crippen LogP contribution < -0.4 is 11.5 Å². The molecule has 1 aromatic heterocycles. The number of nitrogens with zero attached hydrogens (tertiary/aromatic N) is 3. The lowest BCUT2D eigenvalue weighted by molar-refractivity contribution is 1.18. The van der Waals surface area contributed by atoms with E-state index in [1.807, 2.05) is 36.4 Å². The van der Waals surface area contributed by atoms with E-state index in [1.165, 1.54) is 0 Å². The van der Waals surface area contributed by atoms with Crippen molar-refractivity contribution in [3.8, 4) is 28.5 Å². The Kier molecular flexibility index (Phi) is 4.26.